The van der Waals surface area contributed by atoms with Gasteiger partial charge in [0.15, 0.2) is 5.96 Å². The number of carbonyl (C=O) groups is 1. The number of nitrogens with one attached hydrogen (secondary N) is 2. The van der Waals surface area contributed by atoms with E-state index in [1.165, 1.54) is 5.69 Å². The van der Waals surface area contributed by atoms with E-state index in [1.54, 1.807) is 7.05 Å². The van der Waals surface area contributed by atoms with Crippen molar-refractivity contribution in [2.45, 2.75) is 13.1 Å². The van der Waals surface area contributed by atoms with Crippen LogP contribution in [0.1, 0.15) is 11.3 Å². The number of nitrogens with zero attached hydrogens (tertiary/aromatic N) is 4. The minimum atomic E-state index is -0.0248. The van der Waals surface area contributed by atoms with Crippen molar-refractivity contribution in [3.8, 4) is 0 Å². The fraction of sp³-hybridized carbons (Fsp3) is 0.400. The molecule has 0 aliphatic carbocycles. The summed E-state index contributed by atoms with van der Waals surface area (Å²) in [5, 5.41) is 6.30. The minimum Gasteiger partial charge on any atom is -0.353 e. The van der Waals surface area contributed by atoms with E-state index >= 15 is 0 Å². The molecule has 0 saturated heterocycles. The molecule has 0 fully saturated rings. The van der Waals surface area contributed by atoms with Gasteiger partial charge in [0.1, 0.15) is 0 Å². The zero-order valence-corrected chi connectivity index (χ0v) is 16.9. The molecule has 1 amide bonds. The van der Waals surface area contributed by atoms with E-state index in [0.29, 0.717) is 13.1 Å². The van der Waals surface area contributed by atoms with Gasteiger partial charge in [0.25, 0.3) is 0 Å². The summed E-state index contributed by atoms with van der Waals surface area (Å²) in [6, 6.07) is 12.0. The molecule has 7 heteroatoms. The standard InChI is InChI=1S/C20H30N6O/c1-21-20(26(5)14-18-10-7-11-25(18)4)22-13-16-8-6-9-17(12-16)23-19(27)15-24(2)3/h6-12H,13-15H2,1-5H3,(H,21,22)(H,23,27). The lowest BCUT2D eigenvalue weighted by Gasteiger charge is -2.22. The summed E-state index contributed by atoms with van der Waals surface area (Å²) >= 11 is 0. The fourth-order valence-corrected chi connectivity index (χ4v) is 2.79. The molecule has 7 nitrogen and oxygen atoms in total. The number of aliphatic imine (C=N–C) groups is 1. The summed E-state index contributed by atoms with van der Waals surface area (Å²) < 4.78 is 2.10. The van der Waals surface area contributed by atoms with Gasteiger partial charge in [0, 0.05) is 45.3 Å². The van der Waals surface area contributed by atoms with Crippen molar-refractivity contribution in [3.63, 3.8) is 0 Å². The van der Waals surface area contributed by atoms with E-state index in [4.69, 9.17) is 0 Å². The van der Waals surface area contributed by atoms with E-state index in [0.717, 1.165) is 23.8 Å². The van der Waals surface area contributed by atoms with E-state index in [9.17, 15) is 4.79 Å². The Morgan fingerprint density at radius 1 is 1.19 bits per heavy atom. The average molecular weight is 371 g/mol. The highest BCUT2D eigenvalue weighted by Gasteiger charge is 2.09. The van der Waals surface area contributed by atoms with Gasteiger partial charge in [-0.3, -0.25) is 9.79 Å². The van der Waals surface area contributed by atoms with E-state index in [1.807, 2.05) is 69.6 Å². The predicted molar refractivity (Wildman–Crippen MR) is 111 cm³/mol. The van der Waals surface area contributed by atoms with Gasteiger partial charge in [-0.05, 0) is 43.9 Å². The van der Waals surface area contributed by atoms with Crippen molar-refractivity contribution in [2.24, 2.45) is 12.0 Å². The number of aromatic nitrogens is 1. The van der Waals surface area contributed by atoms with Gasteiger partial charge in [0.2, 0.25) is 5.91 Å². The summed E-state index contributed by atoms with van der Waals surface area (Å²) in [5.74, 6) is 0.793. The van der Waals surface area contributed by atoms with Crippen LogP contribution in [0.4, 0.5) is 5.69 Å². The highest BCUT2D eigenvalue weighted by Crippen LogP contribution is 2.11. The molecule has 1 aromatic heterocycles. The number of amides is 1. The molecule has 2 N–H and O–H groups in total. The molecule has 0 radical (unpaired) electrons. The summed E-state index contributed by atoms with van der Waals surface area (Å²) in [6.07, 6.45) is 2.04. The topological polar surface area (TPSA) is 64.9 Å². The Balaban J connectivity index is 1.93. The number of benzene rings is 1. The Bertz CT molecular complexity index is 780. The Hall–Kier alpha value is -2.80. The molecule has 1 aromatic carbocycles. The van der Waals surface area contributed by atoms with Gasteiger partial charge in [-0.1, -0.05) is 12.1 Å². The second kappa shape index (κ2) is 9.78. The van der Waals surface area contributed by atoms with E-state index < -0.39 is 0 Å². The highest BCUT2D eigenvalue weighted by molar-refractivity contribution is 5.92. The third kappa shape index (κ3) is 6.45. The molecule has 0 saturated carbocycles. The molecule has 2 rings (SSSR count). The summed E-state index contributed by atoms with van der Waals surface area (Å²) in [5.41, 5.74) is 3.09. The summed E-state index contributed by atoms with van der Waals surface area (Å²) in [6.45, 7) is 1.75. The number of anilines is 1. The SMILES string of the molecule is CN=C(NCc1cccc(NC(=O)CN(C)C)c1)N(C)Cc1cccn1C. The zero-order valence-electron chi connectivity index (χ0n) is 16.9. The first kappa shape index (κ1) is 20.5. The van der Waals surface area contributed by atoms with Crippen molar-refractivity contribution < 1.29 is 4.79 Å². The van der Waals surface area contributed by atoms with Gasteiger partial charge in [-0.2, -0.15) is 0 Å². The number of hydrogen-bond acceptors (Lipinski definition) is 3. The van der Waals surface area contributed by atoms with Crippen LogP contribution in [0.2, 0.25) is 0 Å². The van der Waals surface area contributed by atoms with Crippen LogP contribution >= 0.6 is 0 Å². The first-order chi connectivity index (χ1) is 12.9. The van der Waals surface area contributed by atoms with Crippen LogP contribution in [0.25, 0.3) is 0 Å². The maximum atomic E-state index is 11.9. The molecular weight excluding hydrogens is 340 g/mol. The Morgan fingerprint density at radius 2 is 1.96 bits per heavy atom. The number of hydrogen-bond donors (Lipinski definition) is 2. The second-order valence-corrected chi connectivity index (χ2v) is 6.85. The molecule has 1 heterocycles. The zero-order chi connectivity index (χ0) is 19.8. The lowest BCUT2D eigenvalue weighted by atomic mass is 10.2. The largest absolute Gasteiger partial charge is 0.353 e. The minimum absolute atomic E-state index is 0.0248. The Morgan fingerprint density at radius 3 is 2.59 bits per heavy atom. The van der Waals surface area contributed by atoms with Crippen LogP contribution < -0.4 is 10.6 Å². The van der Waals surface area contributed by atoms with Crippen molar-refractivity contribution in [3.05, 3.63) is 53.9 Å². The highest BCUT2D eigenvalue weighted by atomic mass is 16.2. The van der Waals surface area contributed by atoms with E-state index in [2.05, 4.69) is 31.2 Å². The number of guanidine groups is 1. The molecule has 2 aromatic rings. The number of carbonyl (C=O) groups excluding carboxylic acids is 1. The van der Waals surface area contributed by atoms with Crippen LogP contribution in [-0.2, 0) is 24.9 Å². The van der Waals surface area contributed by atoms with Crippen LogP contribution in [0.15, 0.2) is 47.6 Å². The molecule has 146 valence electrons. The normalized spacial score (nSPS) is 11.6. The molecule has 0 spiro atoms. The molecular formula is C20H30N6O. The van der Waals surface area contributed by atoms with Crippen molar-refractivity contribution in [2.75, 3.05) is 40.1 Å². The Labute approximate surface area is 161 Å². The van der Waals surface area contributed by atoms with Crippen molar-refractivity contribution in [1.82, 2.24) is 19.7 Å². The molecule has 0 aliphatic rings. The fourth-order valence-electron chi connectivity index (χ4n) is 2.79. The molecule has 0 bridgehead atoms. The number of likely N-dealkylation sites (N-methyl/N-ethyl adjacent to an activating group) is 1. The molecule has 27 heavy (non-hydrogen) atoms. The summed E-state index contributed by atoms with van der Waals surface area (Å²) in [7, 11) is 9.58. The van der Waals surface area contributed by atoms with Crippen LogP contribution in [0.5, 0.6) is 0 Å². The Kier molecular flexibility index (Phi) is 7.43. The third-order valence-corrected chi connectivity index (χ3v) is 4.15. The maximum absolute atomic E-state index is 11.9. The van der Waals surface area contributed by atoms with Crippen LogP contribution in [-0.4, -0.2) is 61.0 Å². The smallest absolute Gasteiger partial charge is 0.238 e. The summed E-state index contributed by atoms with van der Waals surface area (Å²) in [4.78, 5) is 20.2. The quantitative estimate of drug-likeness (QED) is 0.576. The molecule has 0 aliphatic heterocycles. The monoisotopic (exact) mass is 370 g/mol. The second-order valence-electron chi connectivity index (χ2n) is 6.85. The first-order valence-electron chi connectivity index (χ1n) is 8.94. The van der Waals surface area contributed by atoms with Crippen LogP contribution in [0, 0.1) is 0 Å². The number of rotatable bonds is 7. The van der Waals surface area contributed by atoms with Gasteiger partial charge in [-0.25, -0.2) is 0 Å². The third-order valence-electron chi connectivity index (χ3n) is 4.15. The molecule has 0 unspecified atom stereocenters. The lowest BCUT2D eigenvalue weighted by molar-refractivity contribution is -0.116. The van der Waals surface area contributed by atoms with Gasteiger partial charge < -0.3 is 25.0 Å². The van der Waals surface area contributed by atoms with Crippen molar-refractivity contribution in [1.29, 1.82) is 0 Å². The van der Waals surface area contributed by atoms with Crippen molar-refractivity contribution >= 4 is 17.6 Å². The predicted octanol–water partition coefficient (Wildman–Crippen LogP) is 1.73. The average Bonchev–Trinajstić information content (AvgIpc) is 2.99. The number of aryl methyl sites for hydroxylation is 1. The van der Waals surface area contributed by atoms with Gasteiger partial charge in [0.05, 0.1) is 13.1 Å². The van der Waals surface area contributed by atoms with Crippen LogP contribution in [0.3, 0.4) is 0 Å². The first-order valence-corrected chi connectivity index (χ1v) is 8.94. The van der Waals surface area contributed by atoms with Gasteiger partial charge >= 0.3 is 0 Å². The maximum Gasteiger partial charge on any atom is 0.238 e. The van der Waals surface area contributed by atoms with Gasteiger partial charge in [-0.15, -0.1) is 0 Å². The lowest BCUT2D eigenvalue weighted by Crippen LogP contribution is -2.38. The molecule has 0 atom stereocenters. The van der Waals surface area contributed by atoms with E-state index in [-0.39, 0.29) is 5.91 Å².